The predicted octanol–water partition coefficient (Wildman–Crippen LogP) is 3.93. The molecule has 0 aliphatic carbocycles. The van der Waals surface area contributed by atoms with Gasteiger partial charge >= 0.3 is 0 Å². The molecular formula is C17H17N3O. The molecule has 2 heterocycles. The first-order valence-electron chi connectivity index (χ1n) is 7.05. The third kappa shape index (κ3) is 3.11. The van der Waals surface area contributed by atoms with Gasteiger partial charge in [-0.25, -0.2) is 4.98 Å². The Kier molecular flexibility index (Phi) is 3.96. The molecule has 0 saturated carbocycles. The quantitative estimate of drug-likeness (QED) is 0.770. The minimum absolute atomic E-state index is 0.741. The molecule has 1 aromatic carbocycles. The average molecular weight is 279 g/mol. The molecule has 106 valence electrons. The van der Waals surface area contributed by atoms with E-state index in [0.29, 0.717) is 0 Å². The van der Waals surface area contributed by atoms with Gasteiger partial charge < -0.3 is 9.72 Å². The number of aromatic nitrogens is 3. The molecule has 4 heteroatoms. The van der Waals surface area contributed by atoms with Gasteiger partial charge in [-0.15, -0.1) is 0 Å². The van der Waals surface area contributed by atoms with Gasteiger partial charge in [0.25, 0.3) is 0 Å². The lowest BCUT2D eigenvalue weighted by Gasteiger charge is -2.04. The molecule has 0 unspecified atom stereocenters. The van der Waals surface area contributed by atoms with Crippen molar-refractivity contribution in [3.63, 3.8) is 0 Å². The lowest BCUT2D eigenvalue weighted by atomic mass is 10.2. The first kappa shape index (κ1) is 13.4. The molecule has 3 aromatic rings. The molecule has 0 bridgehead atoms. The first-order chi connectivity index (χ1) is 10.4. The summed E-state index contributed by atoms with van der Waals surface area (Å²) in [6.45, 7) is 2.84. The summed E-state index contributed by atoms with van der Waals surface area (Å²) >= 11 is 0. The minimum atomic E-state index is 0.741. The number of hydrogen-bond donors (Lipinski definition) is 1. The number of hydrogen-bond acceptors (Lipinski definition) is 3. The monoisotopic (exact) mass is 279 g/mol. The lowest BCUT2D eigenvalue weighted by Crippen LogP contribution is -1.94. The largest absolute Gasteiger partial charge is 0.494 e. The second kappa shape index (κ2) is 6.22. The Balaban J connectivity index is 1.80. The van der Waals surface area contributed by atoms with Crippen molar-refractivity contribution in [2.75, 3.05) is 6.61 Å². The summed E-state index contributed by atoms with van der Waals surface area (Å²) in [5.74, 6) is 1.73. The van der Waals surface area contributed by atoms with Crippen LogP contribution in [0.2, 0.25) is 0 Å². The smallest absolute Gasteiger partial charge is 0.137 e. The van der Waals surface area contributed by atoms with Gasteiger partial charge in [0.15, 0.2) is 0 Å². The summed E-state index contributed by atoms with van der Waals surface area (Å²) in [5.41, 5.74) is 3.03. The van der Waals surface area contributed by atoms with Gasteiger partial charge in [0, 0.05) is 23.5 Å². The Morgan fingerprint density at radius 3 is 2.62 bits per heavy atom. The van der Waals surface area contributed by atoms with Crippen LogP contribution in [0.3, 0.4) is 0 Å². The number of imidazole rings is 1. The van der Waals surface area contributed by atoms with E-state index in [1.165, 1.54) is 0 Å². The van der Waals surface area contributed by atoms with Crippen molar-refractivity contribution in [3.8, 4) is 28.4 Å². The number of benzene rings is 1. The van der Waals surface area contributed by atoms with E-state index in [1.807, 2.05) is 48.8 Å². The number of H-pyrrole nitrogens is 1. The van der Waals surface area contributed by atoms with Crippen LogP contribution in [-0.4, -0.2) is 21.6 Å². The van der Waals surface area contributed by atoms with Crippen LogP contribution in [0, 0.1) is 0 Å². The number of rotatable bonds is 5. The maximum absolute atomic E-state index is 5.58. The maximum atomic E-state index is 5.58. The highest BCUT2D eigenvalue weighted by atomic mass is 16.5. The summed E-state index contributed by atoms with van der Waals surface area (Å²) in [6, 6.07) is 11.9. The molecule has 3 rings (SSSR count). The van der Waals surface area contributed by atoms with Gasteiger partial charge in [0.05, 0.1) is 18.5 Å². The van der Waals surface area contributed by atoms with Crippen molar-refractivity contribution in [2.45, 2.75) is 13.3 Å². The highest BCUT2D eigenvalue weighted by Gasteiger charge is 2.05. The minimum Gasteiger partial charge on any atom is -0.494 e. The Labute approximate surface area is 123 Å². The van der Waals surface area contributed by atoms with Crippen molar-refractivity contribution >= 4 is 0 Å². The number of nitrogens with one attached hydrogen (secondary N) is 1. The summed E-state index contributed by atoms with van der Waals surface area (Å²) in [6.07, 6.45) is 6.41. The molecule has 0 amide bonds. The molecule has 0 radical (unpaired) electrons. The van der Waals surface area contributed by atoms with E-state index >= 15 is 0 Å². The van der Waals surface area contributed by atoms with Gasteiger partial charge in [0.1, 0.15) is 11.6 Å². The normalized spacial score (nSPS) is 10.5. The first-order valence-corrected chi connectivity index (χ1v) is 7.05. The molecule has 0 aliphatic rings. The van der Waals surface area contributed by atoms with E-state index in [2.05, 4.69) is 21.9 Å². The molecule has 1 N–H and O–H groups in total. The van der Waals surface area contributed by atoms with E-state index in [9.17, 15) is 0 Å². The van der Waals surface area contributed by atoms with Crippen molar-refractivity contribution in [1.82, 2.24) is 15.0 Å². The highest BCUT2D eigenvalue weighted by molar-refractivity contribution is 5.64. The summed E-state index contributed by atoms with van der Waals surface area (Å²) in [4.78, 5) is 11.9. The van der Waals surface area contributed by atoms with E-state index in [1.54, 1.807) is 6.20 Å². The summed E-state index contributed by atoms with van der Waals surface area (Å²) in [7, 11) is 0. The summed E-state index contributed by atoms with van der Waals surface area (Å²) in [5, 5.41) is 0. The fourth-order valence-corrected chi connectivity index (χ4v) is 2.07. The second-order valence-electron chi connectivity index (χ2n) is 4.76. The van der Waals surface area contributed by atoms with Crippen LogP contribution in [0.15, 0.2) is 55.0 Å². The summed E-state index contributed by atoms with van der Waals surface area (Å²) < 4.78 is 5.58. The molecule has 0 fully saturated rings. The van der Waals surface area contributed by atoms with Crippen LogP contribution in [0.1, 0.15) is 13.3 Å². The molecule has 0 atom stereocenters. The SMILES string of the molecule is CCCOc1ccc(-c2ncc(-c3cccnc3)[nH]2)cc1. The van der Waals surface area contributed by atoms with E-state index in [0.717, 1.165) is 41.4 Å². The number of pyridine rings is 1. The van der Waals surface area contributed by atoms with Crippen LogP contribution in [0.25, 0.3) is 22.6 Å². The third-order valence-corrected chi connectivity index (χ3v) is 3.15. The Morgan fingerprint density at radius 1 is 1.05 bits per heavy atom. The van der Waals surface area contributed by atoms with Gasteiger partial charge in [0.2, 0.25) is 0 Å². The Bertz CT molecular complexity index is 690. The number of ether oxygens (including phenoxy) is 1. The van der Waals surface area contributed by atoms with Gasteiger partial charge in [-0.05, 0) is 42.8 Å². The van der Waals surface area contributed by atoms with Crippen molar-refractivity contribution in [3.05, 3.63) is 55.0 Å². The van der Waals surface area contributed by atoms with Crippen LogP contribution in [-0.2, 0) is 0 Å². The van der Waals surface area contributed by atoms with Gasteiger partial charge in [-0.3, -0.25) is 4.98 Å². The molecule has 0 aliphatic heterocycles. The fraction of sp³-hybridized carbons (Fsp3) is 0.176. The van der Waals surface area contributed by atoms with Crippen LogP contribution < -0.4 is 4.74 Å². The molecule has 0 saturated heterocycles. The molecule has 4 nitrogen and oxygen atoms in total. The number of nitrogens with zero attached hydrogens (tertiary/aromatic N) is 2. The lowest BCUT2D eigenvalue weighted by molar-refractivity contribution is 0.317. The number of aromatic amines is 1. The fourth-order valence-electron chi connectivity index (χ4n) is 2.07. The Morgan fingerprint density at radius 2 is 1.90 bits per heavy atom. The van der Waals surface area contributed by atoms with E-state index in [-0.39, 0.29) is 0 Å². The van der Waals surface area contributed by atoms with Crippen LogP contribution >= 0.6 is 0 Å². The standard InChI is InChI=1S/C17H17N3O/c1-2-10-21-15-7-5-13(6-8-15)17-19-12-16(20-17)14-4-3-9-18-11-14/h3-9,11-12H,2,10H2,1H3,(H,19,20). The van der Waals surface area contributed by atoms with Crippen LogP contribution in [0.4, 0.5) is 0 Å². The zero-order chi connectivity index (χ0) is 14.5. The average Bonchev–Trinajstić information content (AvgIpc) is 3.04. The van der Waals surface area contributed by atoms with E-state index in [4.69, 9.17) is 4.74 Å². The Hall–Kier alpha value is -2.62. The van der Waals surface area contributed by atoms with E-state index < -0.39 is 0 Å². The molecular weight excluding hydrogens is 262 g/mol. The van der Waals surface area contributed by atoms with Crippen molar-refractivity contribution in [2.24, 2.45) is 0 Å². The molecule has 0 spiro atoms. The maximum Gasteiger partial charge on any atom is 0.137 e. The van der Waals surface area contributed by atoms with Crippen LogP contribution in [0.5, 0.6) is 5.75 Å². The zero-order valence-electron chi connectivity index (χ0n) is 11.9. The van der Waals surface area contributed by atoms with Crippen molar-refractivity contribution < 1.29 is 4.74 Å². The zero-order valence-corrected chi connectivity index (χ0v) is 11.9. The second-order valence-corrected chi connectivity index (χ2v) is 4.76. The highest BCUT2D eigenvalue weighted by Crippen LogP contribution is 2.23. The van der Waals surface area contributed by atoms with Gasteiger partial charge in [-0.1, -0.05) is 6.92 Å². The third-order valence-electron chi connectivity index (χ3n) is 3.15. The molecule has 2 aromatic heterocycles. The predicted molar refractivity (Wildman–Crippen MR) is 83.0 cm³/mol. The topological polar surface area (TPSA) is 50.8 Å². The van der Waals surface area contributed by atoms with Gasteiger partial charge in [-0.2, -0.15) is 0 Å². The molecule has 21 heavy (non-hydrogen) atoms. The van der Waals surface area contributed by atoms with Crippen molar-refractivity contribution in [1.29, 1.82) is 0 Å².